The summed E-state index contributed by atoms with van der Waals surface area (Å²) in [6.45, 7) is 0.459. The second kappa shape index (κ2) is 3.70. The first kappa shape index (κ1) is 9.67. The zero-order valence-electron chi connectivity index (χ0n) is 8.05. The molecule has 0 atom stereocenters. The molecular weight excluding hydrogens is 194 g/mol. The van der Waals surface area contributed by atoms with Gasteiger partial charge in [0.25, 0.3) is 0 Å². The van der Waals surface area contributed by atoms with Gasteiger partial charge in [-0.2, -0.15) is 0 Å². The fourth-order valence-electron chi connectivity index (χ4n) is 1.57. The molecule has 2 aromatic heterocycles. The number of carbonyl (C=O) groups is 1. The molecule has 0 aliphatic carbocycles. The maximum atomic E-state index is 10.9. The highest BCUT2D eigenvalue weighted by Crippen LogP contribution is 2.13. The van der Waals surface area contributed by atoms with Gasteiger partial charge in [0.15, 0.2) is 0 Å². The minimum absolute atomic E-state index is 0.0362. The van der Waals surface area contributed by atoms with Gasteiger partial charge in [-0.25, -0.2) is 9.78 Å². The smallest absolute Gasteiger partial charge is 0.372 e. The summed E-state index contributed by atoms with van der Waals surface area (Å²) < 4.78 is 1.56. The standard InChI is InChI=1S/C10H11N3O2/c11-5-4-7-8-3-1-2-6-13(8)9(12-7)10(14)15/h1-3,6H,4-5,11H2,(H,14,15). The molecule has 0 aliphatic heterocycles. The van der Waals surface area contributed by atoms with Gasteiger partial charge in [-0.15, -0.1) is 0 Å². The van der Waals surface area contributed by atoms with Crippen LogP contribution in [0.2, 0.25) is 0 Å². The Balaban J connectivity index is 2.67. The van der Waals surface area contributed by atoms with Crippen molar-refractivity contribution in [2.75, 3.05) is 6.54 Å². The number of rotatable bonds is 3. The molecule has 78 valence electrons. The van der Waals surface area contributed by atoms with E-state index in [9.17, 15) is 4.79 Å². The van der Waals surface area contributed by atoms with Gasteiger partial charge in [0, 0.05) is 12.6 Å². The van der Waals surface area contributed by atoms with E-state index in [2.05, 4.69) is 4.98 Å². The highest BCUT2D eigenvalue weighted by atomic mass is 16.4. The van der Waals surface area contributed by atoms with Gasteiger partial charge in [0.1, 0.15) is 0 Å². The van der Waals surface area contributed by atoms with Crippen LogP contribution < -0.4 is 5.73 Å². The molecule has 2 rings (SSSR count). The van der Waals surface area contributed by atoms with E-state index in [4.69, 9.17) is 10.8 Å². The monoisotopic (exact) mass is 205 g/mol. The average Bonchev–Trinajstić information content (AvgIpc) is 2.59. The normalized spacial score (nSPS) is 10.7. The van der Waals surface area contributed by atoms with Crippen LogP contribution >= 0.6 is 0 Å². The summed E-state index contributed by atoms with van der Waals surface area (Å²) in [7, 11) is 0. The number of nitrogens with zero attached hydrogens (tertiary/aromatic N) is 2. The molecule has 0 aromatic carbocycles. The van der Waals surface area contributed by atoms with E-state index in [0.29, 0.717) is 13.0 Å². The van der Waals surface area contributed by atoms with Crippen LogP contribution in [0.3, 0.4) is 0 Å². The zero-order valence-corrected chi connectivity index (χ0v) is 8.05. The number of fused-ring (bicyclic) bond motifs is 1. The third-order valence-electron chi connectivity index (χ3n) is 2.20. The summed E-state index contributed by atoms with van der Waals surface area (Å²) in [6.07, 6.45) is 2.27. The first-order chi connectivity index (χ1) is 7.24. The maximum Gasteiger partial charge on any atom is 0.372 e. The van der Waals surface area contributed by atoms with E-state index < -0.39 is 5.97 Å². The van der Waals surface area contributed by atoms with E-state index in [1.165, 1.54) is 0 Å². The number of nitrogens with two attached hydrogens (primary N) is 1. The van der Waals surface area contributed by atoms with Crippen LogP contribution in [0.5, 0.6) is 0 Å². The highest BCUT2D eigenvalue weighted by Gasteiger charge is 2.14. The Labute approximate surface area is 86.2 Å². The number of aromatic nitrogens is 2. The van der Waals surface area contributed by atoms with Crippen molar-refractivity contribution in [1.82, 2.24) is 9.38 Å². The molecular formula is C10H11N3O2. The number of aromatic carboxylic acids is 1. The Kier molecular flexibility index (Phi) is 2.39. The van der Waals surface area contributed by atoms with Crippen LogP contribution in [0.15, 0.2) is 24.4 Å². The lowest BCUT2D eigenvalue weighted by atomic mass is 10.2. The topological polar surface area (TPSA) is 80.6 Å². The maximum absolute atomic E-state index is 10.9. The molecule has 3 N–H and O–H groups in total. The molecule has 0 fully saturated rings. The predicted molar refractivity (Wildman–Crippen MR) is 54.9 cm³/mol. The lowest BCUT2D eigenvalue weighted by Gasteiger charge is -1.95. The summed E-state index contributed by atoms with van der Waals surface area (Å²) in [5, 5.41) is 8.95. The molecule has 15 heavy (non-hydrogen) atoms. The summed E-state index contributed by atoms with van der Waals surface area (Å²) in [6, 6.07) is 5.46. The molecule has 0 unspecified atom stereocenters. The fourth-order valence-corrected chi connectivity index (χ4v) is 1.57. The van der Waals surface area contributed by atoms with Crippen LogP contribution in [-0.2, 0) is 6.42 Å². The number of imidazole rings is 1. The van der Waals surface area contributed by atoms with Crippen LogP contribution in [-0.4, -0.2) is 27.0 Å². The lowest BCUT2D eigenvalue weighted by Crippen LogP contribution is -2.04. The molecule has 5 heteroatoms. The Bertz CT molecular complexity index is 504. The quantitative estimate of drug-likeness (QED) is 0.766. The molecule has 0 radical (unpaired) electrons. The second-order valence-corrected chi connectivity index (χ2v) is 3.18. The van der Waals surface area contributed by atoms with Gasteiger partial charge in [-0.05, 0) is 18.7 Å². The van der Waals surface area contributed by atoms with Crippen molar-refractivity contribution in [2.45, 2.75) is 6.42 Å². The summed E-state index contributed by atoms with van der Waals surface area (Å²) in [5.74, 6) is -0.992. The molecule has 5 nitrogen and oxygen atoms in total. The molecule has 0 amide bonds. The van der Waals surface area contributed by atoms with E-state index in [1.807, 2.05) is 12.1 Å². The van der Waals surface area contributed by atoms with Gasteiger partial charge in [0.05, 0.1) is 11.2 Å². The van der Waals surface area contributed by atoms with E-state index in [-0.39, 0.29) is 5.82 Å². The van der Waals surface area contributed by atoms with E-state index in [1.54, 1.807) is 16.7 Å². The SMILES string of the molecule is NCCc1nc(C(=O)O)n2ccccc12. The largest absolute Gasteiger partial charge is 0.475 e. The van der Waals surface area contributed by atoms with Crippen LogP contribution in [0.4, 0.5) is 0 Å². The number of pyridine rings is 1. The van der Waals surface area contributed by atoms with Gasteiger partial charge in [0.2, 0.25) is 5.82 Å². The van der Waals surface area contributed by atoms with Crippen LogP contribution in [0.25, 0.3) is 5.52 Å². The number of hydrogen-bond donors (Lipinski definition) is 2. The van der Waals surface area contributed by atoms with Gasteiger partial charge in [-0.3, -0.25) is 4.40 Å². The minimum atomic E-state index is -1.03. The molecule has 0 saturated carbocycles. The second-order valence-electron chi connectivity index (χ2n) is 3.18. The zero-order chi connectivity index (χ0) is 10.8. The third-order valence-corrected chi connectivity index (χ3v) is 2.20. The Morgan fingerprint density at radius 2 is 2.33 bits per heavy atom. The van der Waals surface area contributed by atoms with Crippen molar-refractivity contribution in [1.29, 1.82) is 0 Å². The first-order valence-electron chi connectivity index (χ1n) is 4.63. The first-order valence-corrected chi connectivity index (χ1v) is 4.63. The molecule has 2 heterocycles. The molecule has 0 saturated heterocycles. The average molecular weight is 205 g/mol. The van der Waals surface area contributed by atoms with Gasteiger partial charge in [-0.1, -0.05) is 6.07 Å². The Morgan fingerprint density at radius 3 is 3.00 bits per heavy atom. The van der Waals surface area contributed by atoms with Gasteiger partial charge < -0.3 is 10.8 Å². The van der Waals surface area contributed by atoms with Crippen LogP contribution in [0.1, 0.15) is 16.3 Å². The van der Waals surface area contributed by atoms with E-state index >= 15 is 0 Å². The molecule has 0 bridgehead atoms. The Hall–Kier alpha value is -1.88. The number of carboxylic acid groups (broad SMARTS) is 1. The molecule has 0 spiro atoms. The molecule has 2 aromatic rings. The summed E-state index contributed by atoms with van der Waals surface area (Å²) >= 11 is 0. The van der Waals surface area contributed by atoms with Crippen molar-refractivity contribution in [2.24, 2.45) is 5.73 Å². The van der Waals surface area contributed by atoms with E-state index in [0.717, 1.165) is 11.2 Å². The number of carboxylic acids is 1. The predicted octanol–water partition coefficient (Wildman–Crippen LogP) is 0.534. The lowest BCUT2D eigenvalue weighted by molar-refractivity contribution is 0.0682. The minimum Gasteiger partial charge on any atom is -0.475 e. The fraction of sp³-hybridized carbons (Fsp3) is 0.200. The van der Waals surface area contributed by atoms with Crippen molar-refractivity contribution in [3.63, 3.8) is 0 Å². The highest BCUT2D eigenvalue weighted by molar-refractivity contribution is 5.85. The third kappa shape index (κ3) is 1.57. The van der Waals surface area contributed by atoms with Crippen LogP contribution in [0, 0.1) is 0 Å². The van der Waals surface area contributed by atoms with Crippen molar-refractivity contribution < 1.29 is 9.90 Å². The van der Waals surface area contributed by atoms with Gasteiger partial charge >= 0.3 is 5.97 Å². The molecule has 0 aliphatic rings. The van der Waals surface area contributed by atoms with Crippen molar-refractivity contribution in [3.8, 4) is 0 Å². The summed E-state index contributed by atoms with van der Waals surface area (Å²) in [5.41, 5.74) is 6.98. The Morgan fingerprint density at radius 1 is 1.53 bits per heavy atom. The summed E-state index contributed by atoms with van der Waals surface area (Å²) in [4.78, 5) is 15.0. The van der Waals surface area contributed by atoms with Crippen molar-refractivity contribution in [3.05, 3.63) is 35.9 Å². The van der Waals surface area contributed by atoms with Crippen molar-refractivity contribution >= 4 is 11.5 Å². The number of hydrogen-bond acceptors (Lipinski definition) is 3.